The number of benzene rings is 1. The molecule has 5 heteroatoms. The zero-order chi connectivity index (χ0) is 20.8. The fourth-order valence-electron chi connectivity index (χ4n) is 3.49. The van der Waals surface area contributed by atoms with Crippen LogP contribution in [0.25, 0.3) is 0 Å². The molecule has 0 radical (unpaired) electrons. The van der Waals surface area contributed by atoms with Crippen LogP contribution in [-0.4, -0.2) is 31.9 Å². The molecule has 0 unspecified atom stereocenters. The van der Waals surface area contributed by atoms with Gasteiger partial charge in [0, 0.05) is 12.5 Å². The van der Waals surface area contributed by atoms with Gasteiger partial charge in [-0.05, 0) is 37.8 Å². The van der Waals surface area contributed by atoms with Crippen LogP contribution in [0.3, 0.4) is 0 Å². The van der Waals surface area contributed by atoms with Crippen molar-refractivity contribution in [2.75, 3.05) is 20.8 Å². The second kappa shape index (κ2) is 14.1. The molecule has 28 heavy (non-hydrogen) atoms. The highest BCUT2D eigenvalue weighted by Gasteiger charge is 2.16. The molecule has 0 amide bonds. The Morgan fingerprint density at radius 2 is 1.43 bits per heavy atom. The first-order chi connectivity index (χ1) is 13.5. The van der Waals surface area contributed by atoms with Crippen molar-refractivity contribution in [2.24, 2.45) is 0 Å². The number of ether oxygens (including phenoxy) is 3. The van der Waals surface area contributed by atoms with Gasteiger partial charge in [0.15, 0.2) is 11.5 Å². The van der Waals surface area contributed by atoms with Gasteiger partial charge in [0.2, 0.25) is 5.75 Å². The summed E-state index contributed by atoms with van der Waals surface area (Å²) in [5.41, 5.74) is 2.01. The van der Waals surface area contributed by atoms with Crippen LogP contribution in [0.1, 0.15) is 82.3 Å². The maximum atomic E-state index is 10.6. The van der Waals surface area contributed by atoms with Crippen LogP contribution in [0.5, 0.6) is 17.2 Å². The number of hydrogen-bond acceptors (Lipinski definition) is 5. The fraction of sp³-hybridized carbons (Fsp3) is 0.696. The lowest BCUT2D eigenvalue weighted by Crippen LogP contribution is -2.00. The Balaban J connectivity index is 2.11. The van der Waals surface area contributed by atoms with E-state index in [1.807, 2.05) is 13.0 Å². The lowest BCUT2D eigenvalue weighted by molar-refractivity contribution is -0.141. The summed E-state index contributed by atoms with van der Waals surface area (Å²) in [5.74, 6) is 1.04. The van der Waals surface area contributed by atoms with Crippen LogP contribution < -0.4 is 9.47 Å². The van der Waals surface area contributed by atoms with Gasteiger partial charge in [-0.2, -0.15) is 0 Å². The van der Waals surface area contributed by atoms with E-state index in [9.17, 15) is 9.90 Å². The van der Waals surface area contributed by atoms with Crippen molar-refractivity contribution < 1.29 is 24.1 Å². The van der Waals surface area contributed by atoms with Crippen molar-refractivity contribution >= 4 is 5.97 Å². The molecule has 0 heterocycles. The van der Waals surface area contributed by atoms with E-state index in [1.165, 1.54) is 51.9 Å². The Labute approximate surface area is 170 Å². The summed E-state index contributed by atoms with van der Waals surface area (Å²) in [7, 11) is 3.13. The third kappa shape index (κ3) is 8.85. The van der Waals surface area contributed by atoms with Crippen LogP contribution >= 0.6 is 0 Å². The van der Waals surface area contributed by atoms with Crippen molar-refractivity contribution in [1.82, 2.24) is 0 Å². The maximum absolute atomic E-state index is 10.6. The minimum atomic E-state index is -0.184. The van der Waals surface area contributed by atoms with Crippen LogP contribution in [0.4, 0.5) is 0 Å². The molecule has 0 aromatic heterocycles. The Bertz CT molecular complexity index is 583. The molecule has 0 saturated heterocycles. The van der Waals surface area contributed by atoms with E-state index in [0.29, 0.717) is 18.1 Å². The Kier molecular flexibility index (Phi) is 12.2. The Hall–Kier alpha value is -1.91. The number of unbranched alkanes of at least 4 members (excludes halogenated alkanes) is 9. The van der Waals surface area contributed by atoms with E-state index in [4.69, 9.17) is 14.2 Å². The molecule has 1 aromatic carbocycles. The molecule has 0 fully saturated rings. The van der Waals surface area contributed by atoms with Crippen LogP contribution in [0, 0.1) is 6.92 Å². The van der Waals surface area contributed by atoms with Crippen molar-refractivity contribution in [3.8, 4) is 17.2 Å². The molecule has 160 valence electrons. The molecule has 0 atom stereocenters. The molecule has 0 aliphatic rings. The van der Waals surface area contributed by atoms with E-state index in [1.54, 1.807) is 14.2 Å². The Morgan fingerprint density at radius 1 is 0.893 bits per heavy atom. The molecule has 0 aliphatic heterocycles. The highest BCUT2D eigenvalue weighted by Crippen LogP contribution is 2.41. The van der Waals surface area contributed by atoms with Crippen LogP contribution in [-0.2, 0) is 16.0 Å². The highest BCUT2D eigenvalue weighted by atomic mass is 16.5. The SMILES string of the molecule is COc1cc(C)c(CCCCCCCCCCCCOC(C)=O)c(O)c1OC. The molecular formula is C23H38O5. The van der Waals surface area contributed by atoms with E-state index < -0.39 is 0 Å². The number of rotatable bonds is 15. The first-order valence-corrected chi connectivity index (χ1v) is 10.6. The van der Waals surface area contributed by atoms with Crippen molar-refractivity contribution in [3.05, 3.63) is 17.2 Å². The quantitative estimate of drug-likeness (QED) is 0.304. The monoisotopic (exact) mass is 394 g/mol. The van der Waals surface area contributed by atoms with E-state index in [2.05, 4.69) is 0 Å². The summed E-state index contributed by atoms with van der Waals surface area (Å²) >= 11 is 0. The van der Waals surface area contributed by atoms with Gasteiger partial charge < -0.3 is 19.3 Å². The highest BCUT2D eigenvalue weighted by molar-refractivity contribution is 5.65. The zero-order valence-corrected chi connectivity index (χ0v) is 18.1. The molecule has 1 N–H and O–H groups in total. The third-order valence-corrected chi connectivity index (χ3v) is 5.10. The Morgan fingerprint density at radius 3 is 1.93 bits per heavy atom. The van der Waals surface area contributed by atoms with Gasteiger partial charge in [-0.15, -0.1) is 0 Å². The summed E-state index contributed by atoms with van der Waals surface area (Å²) in [5, 5.41) is 10.5. The first kappa shape index (κ1) is 24.1. The van der Waals surface area contributed by atoms with Crippen LogP contribution in [0.2, 0.25) is 0 Å². The molecule has 5 nitrogen and oxygen atoms in total. The van der Waals surface area contributed by atoms with Gasteiger partial charge in [-0.25, -0.2) is 0 Å². The van der Waals surface area contributed by atoms with Gasteiger partial charge in [0.1, 0.15) is 0 Å². The number of carbonyl (C=O) groups excluding carboxylic acids is 1. The summed E-state index contributed by atoms with van der Waals surface area (Å²) < 4.78 is 15.5. The van der Waals surface area contributed by atoms with E-state index in [0.717, 1.165) is 36.8 Å². The number of carbonyl (C=O) groups is 1. The number of hydrogen-bond donors (Lipinski definition) is 1. The minimum absolute atomic E-state index is 0.184. The molecule has 1 aromatic rings. The molecule has 0 bridgehead atoms. The summed E-state index contributed by atoms with van der Waals surface area (Å²) in [6.07, 6.45) is 12.8. The minimum Gasteiger partial charge on any atom is -0.504 e. The predicted molar refractivity (Wildman–Crippen MR) is 112 cm³/mol. The number of aryl methyl sites for hydroxylation is 1. The topological polar surface area (TPSA) is 65.0 Å². The summed E-state index contributed by atoms with van der Waals surface area (Å²) in [6, 6.07) is 1.93. The standard InChI is InChI=1S/C23H38O5/c1-18-17-21(26-3)23(27-4)22(25)20(18)15-13-11-9-7-5-6-8-10-12-14-16-28-19(2)24/h17,25H,5-16H2,1-4H3. The normalized spacial score (nSPS) is 10.7. The number of phenols is 1. The smallest absolute Gasteiger partial charge is 0.302 e. The molecule has 1 rings (SSSR count). The first-order valence-electron chi connectivity index (χ1n) is 10.6. The molecule has 0 saturated carbocycles. The van der Waals surface area contributed by atoms with Crippen LogP contribution in [0.15, 0.2) is 6.07 Å². The van der Waals surface area contributed by atoms with E-state index >= 15 is 0 Å². The zero-order valence-electron chi connectivity index (χ0n) is 18.1. The van der Waals surface area contributed by atoms with Gasteiger partial charge in [-0.1, -0.05) is 51.4 Å². The van der Waals surface area contributed by atoms with Gasteiger partial charge in [-0.3, -0.25) is 4.79 Å². The predicted octanol–water partition coefficient (Wildman–Crippen LogP) is 5.72. The summed E-state index contributed by atoms with van der Waals surface area (Å²) in [4.78, 5) is 10.6. The van der Waals surface area contributed by atoms with Gasteiger partial charge in [0.05, 0.1) is 20.8 Å². The number of aromatic hydroxyl groups is 1. The number of methoxy groups -OCH3 is 2. The van der Waals surface area contributed by atoms with Gasteiger partial charge in [0.25, 0.3) is 0 Å². The second-order valence-electron chi connectivity index (χ2n) is 7.38. The molecular weight excluding hydrogens is 356 g/mol. The number of esters is 1. The second-order valence-corrected chi connectivity index (χ2v) is 7.38. The largest absolute Gasteiger partial charge is 0.504 e. The van der Waals surface area contributed by atoms with Crippen molar-refractivity contribution in [1.29, 1.82) is 0 Å². The average molecular weight is 395 g/mol. The lowest BCUT2D eigenvalue weighted by Gasteiger charge is -2.15. The van der Waals surface area contributed by atoms with Crippen molar-refractivity contribution in [3.63, 3.8) is 0 Å². The fourth-order valence-corrected chi connectivity index (χ4v) is 3.49. The maximum Gasteiger partial charge on any atom is 0.302 e. The third-order valence-electron chi connectivity index (χ3n) is 5.10. The summed E-state index contributed by atoms with van der Waals surface area (Å²) in [6.45, 7) is 4.02. The molecule has 0 aliphatic carbocycles. The lowest BCUT2D eigenvalue weighted by atomic mass is 9.99. The van der Waals surface area contributed by atoms with Gasteiger partial charge >= 0.3 is 5.97 Å². The number of phenolic OH excluding ortho intramolecular Hbond substituents is 1. The average Bonchev–Trinajstić information content (AvgIpc) is 2.66. The van der Waals surface area contributed by atoms with E-state index in [-0.39, 0.29) is 11.7 Å². The van der Waals surface area contributed by atoms with Crippen molar-refractivity contribution in [2.45, 2.75) is 84.5 Å². The molecule has 0 spiro atoms.